The van der Waals surface area contributed by atoms with Gasteiger partial charge in [0.25, 0.3) is 5.69 Å². The van der Waals surface area contributed by atoms with E-state index in [9.17, 15) is 10.1 Å². The largest absolute Gasteiger partial charge is 0.287 e. The van der Waals surface area contributed by atoms with Crippen LogP contribution in [0.1, 0.15) is 5.56 Å². The molecule has 2 aromatic carbocycles. The van der Waals surface area contributed by atoms with E-state index in [-0.39, 0.29) is 10.6 Å². The van der Waals surface area contributed by atoms with Gasteiger partial charge < -0.3 is 0 Å². The molecule has 0 amide bonds. The van der Waals surface area contributed by atoms with Gasteiger partial charge in [-0.15, -0.1) is 6.58 Å². The first-order valence-electron chi connectivity index (χ1n) is 7.74. The monoisotopic (exact) mass is 351 g/mol. The van der Waals surface area contributed by atoms with E-state index in [1.54, 1.807) is 30.1 Å². The van der Waals surface area contributed by atoms with Gasteiger partial charge in [-0.25, -0.2) is 4.98 Å². The smallest absolute Gasteiger partial charge is 0.270 e. The molecule has 0 aliphatic rings. The number of thioether (sulfide) groups is 1. The summed E-state index contributed by atoms with van der Waals surface area (Å²) in [7, 11) is 0. The van der Waals surface area contributed by atoms with Gasteiger partial charge in [0.1, 0.15) is 0 Å². The maximum Gasteiger partial charge on any atom is 0.270 e. The maximum absolute atomic E-state index is 11.1. The summed E-state index contributed by atoms with van der Waals surface area (Å²) in [6.07, 6.45) is 3.59. The number of rotatable bonds is 6. The first kappa shape index (κ1) is 17.0. The number of imidazole rings is 1. The van der Waals surface area contributed by atoms with Crippen LogP contribution in [0.3, 0.4) is 0 Å². The fraction of sp³-hybridized carbons (Fsp3) is 0.105. The Morgan fingerprint density at radius 2 is 2.08 bits per heavy atom. The van der Waals surface area contributed by atoms with Gasteiger partial charge >= 0.3 is 0 Å². The van der Waals surface area contributed by atoms with E-state index in [0.717, 1.165) is 33.4 Å². The Morgan fingerprint density at radius 1 is 1.28 bits per heavy atom. The van der Waals surface area contributed by atoms with Crippen LogP contribution in [0.25, 0.3) is 16.9 Å². The van der Waals surface area contributed by atoms with Crippen LogP contribution in [0.2, 0.25) is 0 Å². The van der Waals surface area contributed by atoms with Gasteiger partial charge in [-0.1, -0.05) is 48.2 Å². The first-order chi connectivity index (χ1) is 12.1. The molecule has 3 rings (SSSR count). The van der Waals surface area contributed by atoms with Crippen LogP contribution < -0.4 is 0 Å². The molecule has 0 N–H and O–H groups in total. The third-order valence-corrected chi connectivity index (χ3v) is 4.72. The third-order valence-electron chi connectivity index (χ3n) is 3.77. The zero-order valence-electron chi connectivity index (χ0n) is 13.8. The fourth-order valence-electron chi connectivity index (χ4n) is 2.60. The summed E-state index contributed by atoms with van der Waals surface area (Å²) in [5, 5.41) is 11.9. The summed E-state index contributed by atoms with van der Waals surface area (Å²) in [5.74, 6) is 0.733. The van der Waals surface area contributed by atoms with Crippen molar-refractivity contribution in [2.24, 2.45) is 0 Å². The van der Waals surface area contributed by atoms with Crippen LogP contribution in [0.5, 0.6) is 0 Å². The highest BCUT2D eigenvalue weighted by molar-refractivity contribution is 7.99. The molecule has 0 unspecified atom stereocenters. The number of non-ortho nitro benzene ring substituents is 1. The Balaban J connectivity index is 2.19. The molecule has 1 aromatic heterocycles. The normalized spacial score (nSPS) is 10.6. The molecule has 3 aromatic rings. The lowest BCUT2D eigenvalue weighted by Crippen LogP contribution is -2.01. The summed E-state index contributed by atoms with van der Waals surface area (Å²) in [6, 6.07) is 14.6. The molecule has 0 spiro atoms. The Bertz CT molecular complexity index is 934. The molecule has 0 aliphatic carbocycles. The minimum Gasteiger partial charge on any atom is -0.287 e. The molecule has 0 radical (unpaired) electrons. The Kier molecular flexibility index (Phi) is 5.00. The Morgan fingerprint density at radius 3 is 2.80 bits per heavy atom. The van der Waals surface area contributed by atoms with Gasteiger partial charge in [-0.2, -0.15) is 0 Å². The Hall–Kier alpha value is -2.86. The number of hydrogen-bond acceptors (Lipinski definition) is 4. The molecule has 0 saturated carbocycles. The predicted octanol–water partition coefficient (Wildman–Crippen LogP) is 5.03. The fourth-order valence-corrected chi connectivity index (χ4v) is 3.32. The number of aryl methyl sites for hydroxylation is 1. The van der Waals surface area contributed by atoms with Crippen LogP contribution >= 0.6 is 11.8 Å². The summed E-state index contributed by atoms with van der Waals surface area (Å²) in [6.45, 7) is 5.80. The van der Waals surface area contributed by atoms with Gasteiger partial charge in [-0.3, -0.25) is 14.7 Å². The van der Waals surface area contributed by atoms with Crippen molar-refractivity contribution in [2.75, 3.05) is 5.75 Å². The standard InChI is InChI=1S/C19H17N3O2S/c1-3-11-25-19-20-13-18(15-8-6-9-16(12-15)22(23)24)21(19)17-10-5-4-7-14(17)2/h3-10,12-13H,1,11H2,2H3. The minimum absolute atomic E-state index is 0.0651. The SMILES string of the molecule is C=CCSc1ncc(-c2cccc([N+](=O)[O-])c2)n1-c1ccccc1C. The highest BCUT2D eigenvalue weighted by Gasteiger charge is 2.17. The van der Waals surface area contributed by atoms with E-state index in [1.165, 1.54) is 6.07 Å². The van der Waals surface area contributed by atoms with Gasteiger partial charge in [0.2, 0.25) is 0 Å². The zero-order valence-corrected chi connectivity index (χ0v) is 14.6. The van der Waals surface area contributed by atoms with E-state index < -0.39 is 0 Å². The van der Waals surface area contributed by atoms with E-state index in [1.807, 2.05) is 47.9 Å². The third kappa shape index (κ3) is 3.49. The quantitative estimate of drug-likeness (QED) is 0.270. The van der Waals surface area contributed by atoms with Crippen molar-refractivity contribution in [1.82, 2.24) is 9.55 Å². The molecule has 0 saturated heterocycles. The first-order valence-corrected chi connectivity index (χ1v) is 8.72. The molecule has 0 bridgehead atoms. The number of nitro benzene ring substituents is 1. The van der Waals surface area contributed by atoms with Gasteiger partial charge in [0.05, 0.1) is 22.5 Å². The van der Waals surface area contributed by atoms with Crippen molar-refractivity contribution in [1.29, 1.82) is 0 Å². The molecule has 126 valence electrons. The van der Waals surface area contributed by atoms with Crippen LogP contribution in [-0.4, -0.2) is 20.2 Å². The van der Waals surface area contributed by atoms with Crippen LogP contribution in [0, 0.1) is 17.0 Å². The number of para-hydroxylation sites is 1. The summed E-state index contributed by atoms with van der Waals surface area (Å²) >= 11 is 1.58. The lowest BCUT2D eigenvalue weighted by molar-refractivity contribution is -0.384. The van der Waals surface area contributed by atoms with Crippen molar-refractivity contribution in [3.05, 3.63) is 83.1 Å². The van der Waals surface area contributed by atoms with Crippen LogP contribution in [0.15, 0.2) is 72.5 Å². The van der Waals surface area contributed by atoms with Crippen molar-refractivity contribution in [2.45, 2.75) is 12.1 Å². The average Bonchev–Trinajstić information content (AvgIpc) is 3.04. The van der Waals surface area contributed by atoms with Gasteiger partial charge in [0, 0.05) is 23.4 Å². The van der Waals surface area contributed by atoms with Crippen molar-refractivity contribution >= 4 is 17.4 Å². The van der Waals surface area contributed by atoms with E-state index in [2.05, 4.69) is 11.6 Å². The average molecular weight is 351 g/mol. The molecule has 6 heteroatoms. The van der Waals surface area contributed by atoms with Crippen molar-refractivity contribution < 1.29 is 4.92 Å². The van der Waals surface area contributed by atoms with E-state index in [4.69, 9.17) is 0 Å². The highest BCUT2D eigenvalue weighted by atomic mass is 32.2. The summed E-state index contributed by atoms with van der Waals surface area (Å²) in [4.78, 5) is 15.3. The molecule has 0 atom stereocenters. The minimum atomic E-state index is -0.384. The van der Waals surface area contributed by atoms with Gasteiger partial charge in [0.15, 0.2) is 5.16 Å². The zero-order chi connectivity index (χ0) is 17.8. The predicted molar refractivity (Wildman–Crippen MR) is 101 cm³/mol. The molecular formula is C19H17N3O2S. The number of benzene rings is 2. The topological polar surface area (TPSA) is 61.0 Å². The second-order valence-electron chi connectivity index (χ2n) is 5.46. The maximum atomic E-state index is 11.1. The summed E-state index contributed by atoms with van der Waals surface area (Å²) in [5.41, 5.74) is 3.76. The number of hydrogen-bond donors (Lipinski definition) is 0. The van der Waals surface area contributed by atoms with Crippen LogP contribution in [0.4, 0.5) is 5.69 Å². The van der Waals surface area contributed by atoms with E-state index >= 15 is 0 Å². The van der Waals surface area contributed by atoms with Crippen molar-refractivity contribution in [3.63, 3.8) is 0 Å². The molecule has 1 heterocycles. The van der Waals surface area contributed by atoms with E-state index in [0.29, 0.717) is 0 Å². The number of nitro groups is 1. The molecule has 0 fully saturated rings. The second kappa shape index (κ2) is 7.36. The lowest BCUT2D eigenvalue weighted by atomic mass is 10.1. The molecular weight excluding hydrogens is 334 g/mol. The molecule has 5 nitrogen and oxygen atoms in total. The number of aromatic nitrogens is 2. The van der Waals surface area contributed by atoms with Crippen LogP contribution in [-0.2, 0) is 0 Å². The molecule has 0 aliphatic heterocycles. The molecule has 25 heavy (non-hydrogen) atoms. The summed E-state index contributed by atoms with van der Waals surface area (Å²) < 4.78 is 2.04. The Labute approximate surface area is 150 Å². The van der Waals surface area contributed by atoms with Crippen molar-refractivity contribution in [3.8, 4) is 16.9 Å². The second-order valence-corrected chi connectivity index (χ2v) is 6.44. The lowest BCUT2D eigenvalue weighted by Gasteiger charge is -2.14. The number of nitrogens with zero attached hydrogens (tertiary/aromatic N) is 3. The highest BCUT2D eigenvalue weighted by Crippen LogP contribution is 2.32. The van der Waals surface area contributed by atoms with Gasteiger partial charge in [-0.05, 0) is 18.6 Å².